The minimum Gasteiger partial charge on any atom is -0.327 e. The van der Waals surface area contributed by atoms with Crippen LogP contribution in [0.2, 0.25) is 0 Å². The first-order valence-corrected chi connectivity index (χ1v) is 11.3. The lowest BCUT2D eigenvalue weighted by Gasteiger charge is -2.38. The van der Waals surface area contributed by atoms with Gasteiger partial charge in [-0.1, -0.05) is 0 Å². The molecule has 2 fully saturated rings. The maximum atomic E-state index is 14.3. The van der Waals surface area contributed by atoms with Crippen LogP contribution >= 0.6 is 0 Å². The van der Waals surface area contributed by atoms with Crippen molar-refractivity contribution >= 4 is 10.0 Å². The van der Waals surface area contributed by atoms with E-state index in [1.54, 1.807) is 6.20 Å². The van der Waals surface area contributed by atoms with Crippen molar-refractivity contribution in [1.82, 2.24) is 14.1 Å². The summed E-state index contributed by atoms with van der Waals surface area (Å²) in [5.41, 5.74) is 8.56. The van der Waals surface area contributed by atoms with Crippen LogP contribution < -0.4 is 5.73 Å². The first-order valence-electron chi connectivity index (χ1n) is 9.45. The second-order valence-electron chi connectivity index (χ2n) is 8.36. The molecule has 0 saturated heterocycles. The smallest absolute Gasteiger partial charge is 0.250 e. The van der Waals surface area contributed by atoms with E-state index in [2.05, 4.69) is 10.00 Å². The van der Waals surface area contributed by atoms with Crippen molar-refractivity contribution in [2.75, 3.05) is 6.26 Å². The van der Waals surface area contributed by atoms with Crippen molar-refractivity contribution in [3.63, 3.8) is 0 Å². The molecule has 2 heterocycles. The van der Waals surface area contributed by atoms with Crippen LogP contribution in [0.3, 0.4) is 0 Å². The van der Waals surface area contributed by atoms with E-state index >= 15 is 0 Å². The van der Waals surface area contributed by atoms with Gasteiger partial charge in [0.05, 0.1) is 11.9 Å². The summed E-state index contributed by atoms with van der Waals surface area (Å²) in [5.74, 6) is -0.318. The van der Waals surface area contributed by atoms with Gasteiger partial charge in [0, 0.05) is 42.9 Å². The number of hydrogen-bond acceptors (Lipinski definition) is 5. The molecule has 2 aliphatic carbocycles. The summed E-state index contributed by atoms with van der Waals surface area (Å²) >= 11 is 0. The van der Waals surface area contributed by atoms with E-state index in [1.165, 1.54) is 12.1 Å². The van der Waals surface area contributed by atoms with Crippen LogP contribution in [0.1, 0.15) is 35.6 Å². The number of hydrogen-bond donors (Lipinski definition) is 1. The Kier molecular flexibility index (Phi) is 3.95. The topological polar surface area (TPSA) is 81.2 Å². The molecule has 2 saturated carbocycles. The molecule has 150 valence electrons. The van der Waals surface area contributed by atoms with Gasteiger partial charge in [-0.25, -0.2) is 17.2 Å². The standard InChI is InChI=1S/C19H22F2N4O2S/c1-28(26,27)25-8-10-7-24(9-17(10)23-25)18-6-16(22)19(13-5-12(13)18)14-4-11(20)2-3-15(14)21/h2-4,8,12-13,16,18-19H,5-7,9,22H2,1H3/t12-,13+,16+,18-,19-/m1/s1. The number of nitrogens with zero attached hydrogens (tertiary/aromatic N) is 3. The summed E-state index contributed by atoms with van der Waals surface area (Å²) in [5, 5.41) is 4.21. The third-order valence-corrected chi connectivity index (χ3v) is 7.40. The number of nitrogens with two attached hydrogens (primary N) is 1. The van der Waals surface area contributed by atoms with E-state index in [4.69, 9.17) is 5.73 Å². The zero-order valence-corrected chi connectivity index (χ0v) is 16.2. The predicted molar refractivity (Wildman–Crippen MR) is 98.8 cm³/mol. The molecule has 2 aromatic rings. The molecule has 5 atom stereocenters. The zero-order valence-electron chi connectivity index (χ0n) is 15.4. The summed E-state index contributed by atoms with van der Waals surface area (Å²) < 4.78 is 52.3. The average Bonchev–Trinajstić information content (AvgIpc) is 3.11. The fraction of sp³-hybridized carbons (Fsp3) is 0.526. The lowest BCUT2D eigenvalue weighted by molar-refractivity contribution is 0.125. The minimum absolute atomic E-state index is 0.156. The van der Waals surface area contributed by atoms with Crippen LogP contribution in [0.4, 0.5) is 8.78 Å². The van der Waals surface area contributed by atoms with Gasteiger partial charge in [-0.05, 0) is 48.4 Å². The first-order chi connectivity index (χ1) is 13.2. The number of fused-ring (bicyclic) bond motifs is 2. The first kappa shape index (κ1) is 18.2. The quantitative estimate of drug-likeness (QED) is 0.838. The molecule has 1 aliphatic heterocycles. The molecule has 1 aromatic carbocycles. The Morgan fingerprint density at radius 1 is 1.18 bits per heavy atom. The second-order valence-corrected chi connectivity index (χ2v) is 10.2. The highest BCUT2D eigenvalue weighted by Crippen LogP contribution is 2.58. The van der Waals surface area contributed by atoms with E-state index in [9.17, 15) is 17.2 Å². The summed E-state index contributed by atoms with van der Waals surface area (Å²) in [6, 6.07) is 3.62. The molecule has 28 heavy (non-hydrogen) atoms. The van der Waals surface area contributed by atoms with Gasteiger partial charge in [0.2, 0.25) is 0 Å². The van der Waals surface area contributed by atoms with Crippen LogP contribution in [0, 0.1) is 23.5 Å². The molecular formula is C19H22F2N4O2S. The third kappa shape index (κ3) is 2.87. The van der Waals surface area contributed by atoms with Gasteiger partial charge in [0.15, 0.2) is 0 Å². The highest BCUT2D eigenvalue weighted by Gasteiger charge is 2.56. The predicted octanol–water partition coefficient (Wildman–Crippen LogP) is 1.80. The van der Waals surface area contributed by atoms with Gasteiger partial charge in [-0.3, -0.25) is 4.90 Å². The molecule has 2 N–H and O–H groups in total. The highest BCUT2D eigenvalue weighted by atomic mass is 32.2. The zero-order chi connectivity index (χ0) is 19.8. The van der Waals surface area contributed by atoms with Crippen molar-refractivity contribution < 1.29 is 17.2 Å². The van der Waals surface area contributed by atoms with Gasteiger partial charge in [0.1, 0.15) is 11.6 Å². The Labute approximate surface area is 162 Å². The van der Waals surface area contributed by atoms with Crippen LogP contribution in [-0.4, -0.2) is 40.8 Å². The fourth-order valence-corrected chi connectivity index (χ4v) is 5.78. The van der Waals surface area contributed by atoms with Crippen molar-refractivity contribution in [1.29, 1.82) is 0 Å². The maximum absolute atomic E-state index is 14.3. The molecular weight excluding hydrogens is 386 g/mol. The molecule has 0 bridgehead atoms. The van der Waals surface area contributed by atoms with Gasteiger partial charge in [-0.2, -0.15) is 9.19 Å². The number of rotatable bonds is 3. The molecule has 0 amide bonds. The van der Waals surface area contributed by atoms with E-state index < -0.39 is 15.8 Å². The Morgan fingerprint density at radius 3 is 2.68 bits per heavy atom. The van der Waals surface area contributed by atoms with Crippen molar-refractivity contribution in [2.24, 2.45) is 17.6 Å². The van der Waals surface area contributed by atoms with Crippen LogP contribution in [0.15, 0.2) is 24.4 Å². The molecule has 9 heteroatoms. The maximum Gasteiger partial charge on any atom is 0.250 e. The molecule has 3 aliphatic rings. The van der Waals surface area contributed by atoms with Crippen molar-refractivity contribution in [2.45, 2.75) is 43.9 Å². The minimum atomic E-state index is -3.38. The van der Waals surface area contributed by atoms with Crippen molar-refractivity contribution in [3.05, 3.63) is 52.9 Å². The normalized spacial score (nSPS) is 32.2. The van der Waals surface area contributed by atoms with E-state index in [-0.39, 0.29) is 29.7 Å². The summed E-state index contributed by atoms with van der Waals surface area (Å²) in [7, 11) is -3.38. The molecule has 0 spiro atoms. The lowest BCUT2D eigenvalue weighted by atomic mass is 9.77. The van der Waals surface area contributed by atoms with Gasteiger partial charge in [-0.15, -0.1) is 0 Å². The fourth-order valence-electron chi connectivity index (χ4n) is 5.22. The van der Waals surface area contributed by atoms with Crippen LogP contribution in [0.25, 0.3) is 0 Å². The third-order valence-electron chi connectivity index (χ3n) is 6.53. The molecule has 6 nitrogen and oxygen atoms in total. The molecule has 0 radical (unpaired) electrons. The number of aromatic nitrogens is 2. The number of halogens is 2. The van der Waals surface area contributed by atoms with Gasteiger partial charge < -0.3 is 5.73 Å². The summed E-state index contributed by atoms with van der Waals surface area (Å²) in [4.78, 5) is 2.30. The summed E-state index contributed by atoms with van der Waals surface area (Å²) in [6.45, 7) is 1.24. The van der Waals surface area contributed by atoms with Crippen molar-refractivity contribution in [3.8, 4) is 0 Å². The molecule has 0 unspecified atom stereocenters. The van der Waals surface area contributed by atoms with Gasteiger partial charge >= 0.3 is 0 Å². The monoisotopic (exact) mass is 408 g/mol. The van der Waals surface area contributed by atoms with Crippen LogP contribution in [0.5, 0.6) is 0 Å². The van der Waals surface area contributed by atoms with Gasteiger partial charge in [0.25, 0.3) is 10.0 Å². The second kappa shape index (κ2) is 6.08. The Morgan fingerprint density at radius 2 is 1.96 bits per heavy atom. The number of benzene rings is 1. The summed E-state index contributed by atoms with van der Waals surface area (Å²) in [6.07, 6.45) is 4.38. The van der Waals surface area contributed by atoms with E-state index in [0.717, 1.165) is 34.1 Å². The largest absolute Gasteiger partial charge is 0.327 e. The molecule has 1 aromatic heterocycles. The Balaban J connectivity index is 1.34. The molecule has 5 rings (SSSR count). The van der Waals surface area contributed by atoms with E-state index in [1.807, 2.05) is 0 Å². The Bertz CT molecular complexity index is 1030. The lowest BCUT2D eigenvalue weighted by Crippen LogP contribution is -2.45. The SMILES string of the molecule is CS(=O)(=O)n1cc2c(n1)CN([C@@H]1C[C@H](N)[C@@H](c3cc(F)ccc3F)[C@H]3C[C@H]31)C2. The van der Waals surface area contributed by atoms with Crippen LogP contribution in [-0.2, 0) is 23.1 Å². The van der Waals surface area contributed by atoms with E-state index in [0.29, 0.717) is 31.0 Å². The highest BCUT2D eigenvalue weighted by molar-refractivity contribution is 7.89. The Hall–Kier alpha value is -1.84. The average molecular weight is 408 g/mol.